The van der Waals surface area contributed by atoms with Crippen LogP contribution in [-0.2, 0) is 16.1 Å². The molecule has 1 aliphatic heterocycles. The summed E-state index contributed by atoms with van der Waals surface area (Å²) in [7, 11) is 0. The van der Waals surface area contributed by atoms with Gasteiger partial charge in [0.15, 0.2) is 11.5 Å². The van der Waals surface area contributed by atoms with Crippen molar-refractivity contribution in [2.45, 2.75) is 6.54 Å². The summed E-state index contributed by atoms with van der Waals surface area (Å²) in [6.45, 7) is 1.97. The number of amides is 1. The molecular weight excluding hydrogens is 236 g/mol. The van der Waals surface area contributed by atoms with Gasteiger partial charge in [-0.2, -0.15) is 0 Å². The van der Waals surface area contributed by atoms with Crippen LogP contribution < -0.4 is 20.5 Å². The van der Waals surface area contributed by atoms with Gasteiger partial charge in [0.05, 0.1) is 6.61 Å². The van der Waals surface area contributed by atoms with E-state index < -0.39 is 5.91 Å². The van der Waals surface area contributed by atoms with Gasteiger partial charge in [-0.05, 0) is 6.07 Å². The van der Waals surface area contributed by atoms with Crippen molar-refractivity contribution >= 4 is 5.91 Å². The molecule has 0 spiro atoms. The number of hydrogen-bond acceptors (Lipinski definition) is 5. The first-order valence-electron chi connectivity index (χ1n) is 5.71. The highest BCUT2D eigenvalue weighted by molar-refractivity contribution is 5.74. The Bertz CT molecular complexity index is 423. The molecule has 0 bridgehead atoms. The average molecular weight is 252 g/mol. The zero-order valence-corrected chi connectivity index (χ0v) is 9.98. The number of carbonyl (C=O) groups excluding carboxylic acids is 1. The predicted octanol–water partition coefficient (Wildman–Crippen LogP) is 0.00680. The summed E-state index contributed by atoms with van der Waals surface area (Å²) < 4.78 is 15.7. The topological polar surface area (TPSA) is 82.8 Å². The van der Waals surface area contributed by atoms with Crippen LogP contribution in [0.15, 0.2) is 18.2 Å². The van der Waals surface area contributed by atoms with E-state index in [1.54, 1.807) is 0 Å². The summed E-state index contributed by atoms with van der Waals surface area (Å²) in [5.41, 5.74) is 5.99. The number of nitrogens with one attached hydrogen (secondary N) is 1. The Labute approximate surface area is 105 Å². The number of rotatable bonds is 7. The van der Waals surface area contributed by atoms with Gasteiger partial charge in [-0.15, -0.1) is 0 Å². The highest BCUT2D eigenvalue weighted by Crippen LogP contribution is 2.34. The van der Waals surface area contributed by atoms with Crippen LogP contribution in [0.25, 0.3) is 0 Å². The molecule has 3 N–H and O–H groups in total. The van der Waals surface area contributed by atoms with E-state index >= 15 is 0 Å². The zero-order valence-electron chi connectivity index (χ0n) is 9.98. The van der Waals surface area contributed by atoms with Crippen LogP contribution in [0, 0.1) is 0 Å². The molecule has 0 aliphatic carbocycles. The molecule has 1 aromatic carbocycles. The second kappa shape index (κ2) is 6.23. The minimum absolute atomic E-state index is 0.0423. The van der Waals surface area contributed by atoms with Crippen molar-refractivity contribution in [2.24, 2.45) is 5.73 Å². The monoisotopic (exact) mass is 252 g/mol. The lowest BCUT2D eigenvalue weighted by Crippen LogP contribution is -2.23. The van der Waals surface area contributed by atoms with E-state index in [0.717, 1.165) is 17.1 Å². The average Bonchev–Trinajstić information content (AvgIpc) is 2.82. The molecule has 1 aromatic rings. The van der Waals surface area contributed by atoms with Crippen molar-refractivity contribution < 1.29 is 19.0 Å². The van der Waals surface area contributed by atoms with E-state index in [1.807, 2.05) is 18.2 Å². The maximum Gasteiger partial charge on any atom is 0.243 e. The van der Waals surface area contributed by atoms with Gasteiger partial charge in [0.2, 0.25) is 12.7 Å². The number of hydrogen-bond donors (Lipinski definition) is 2. The number of ether oxygens (including phenoxy) is 3. The SMILES string of the molecule is NC(=O)COCCNCc1cccc2c1OCO2. The summed E-state index contributed by atoms with van der Waals surface area (Å²) in [6, 6.07) is 5.78. The highest BCUT2D eigenvalue weighted by Gasteiger charge is 2.16. The molecule has 1 amide bonds. The van der Waals surface area contributed by atoms with Gasteiger partial charge >= 0.3 is 0 Å². The summed E-state index contributed by atoms with van der Waals surface area (Å²) in [6.07, 6.45) is 0. The van der Waals surface area contributed by atoms with Gasteiger partial charge in [-0.1, -0.05) is 12.1 Å². The molecule has 6 heteroatoms. The van der Waals surface area contributed by atoms with Gasteiger partial charge in [0.25, 0.3) is 0 Å². The first-order chi connectivity index (χ1) is 8.77. The van der Waals surface area contributed by atoms with Gasteiger partial charge in [-0.3, -0.25) is 4.79 Å². The number of primary amides is 1. The second-order valence-electron chi connectivity index (χ2n) is 3.85. The number of fused-ring (bicyclic) bond motifs is 1. The standard InChI is InChI=1S/C12H16N2O4/c13-11(15)7-16-5-4-14-6-9-2-1-3-10-12(9)18-8-17-10/h1-3,14H,4-8H2,(H2,13,15). The Morgan fingerprint density at radius 3 is 3.17 bits per heavy atom. The minimum Gasteiger partial charge on any atom is -0.454 e. The maximum absolute atomic E-state index is 10.4. The van der Waals surface area contributed by atoms with Crippen LogP contribution in [0.5, 0.6) is 11.5 Å². The first kappa shape index (κ1) is 12.7. The highest BCUT2D eigenvalue weighted by atomic mass is 16.7. The van der Waals surface area contributed by atoms with Crippen molar-refractivity contribution in [2.75, 3.05) is 26.6 Å². The molecule has 0 aromatic heterocycles. The molecule has 2 rings (SSSR count). The van der Waals surface area contributed by atoms with Crippen LogP contribution in [-0.4, -0.2) is 32.5 Å². The van der Waals surface area contributed by atoms with E-state index in [9.17, 15) is 4.79 Å². The summed E-state index contributed by atoms with van der Waals surface area (Å²) >= 11 is 0. The lowest BCUT2D eigenvalue weighted by molar-refractivity contribution is -0.122. The quantitative estimate of drug-likeness (QED) is 0.668. The number of carbonyl (C=O) groups is 1. The van der Waals surface area contributed by atoms with Crippen molar-refractivity contribution in [3.05, 3.63) is 23.8 Å². The Balaban J connectivity index is 1.71. The summed E-state index contributed by atoms with van der Waals surface area (Å²) in [5.74, 6) is 1.11. The molecule has 0 fully saturated rings. The van der Waals surface area contributed by atoms with Crippen molar-refractivity contribution in [3.63, 3.8) is 0 Å². The third-order valence-corrected chi connectivity index (χ3v) is 2.46. The normalized spacial score (nSPS) is 12.7. The molecule has 0 radical (unpaired) electrons. The lowest BCUT2D eigenvalue weighted by atomic mass is 10.2. The van der Waals surface area contributed by atoms with Gasteiger partial charge < -0.3 is 25.3 Å². The number of para-hydroxylation sites is 1. The maximum atomic E-state index is 10.4. The molecule has 1 aliphatic rings. The van der Waals surface area contributed by atoms with E-state index in [-0.39, 0.29) is 13.4 Å². The van der Waals surface area contributed by atoms with Crippen LogP contribution in [0.4, 0.5) is 0 Å². The Morgan fingerprint density at radius 2 is 2.33 bits per heavy atom. The van der Waals surface area contributed by atoms with Gasteiger partial charge in [0.1, 0.15) is 6.61 Å². The van der Waals surface area contributed by atoms with Crippen molar-refractivity contribution in [1.82, 2.24) is 5.32 Å². The van der Waals surface area contributed by atoms with Crippen molar-refractivity contribution in [1.29, 1.82) is 0 Å². The third-order valence-electron chi connectivity index (χ3n) is 2.46. The summed E-state index contributed by atoms with van der Waals surface area (Å²) in [5, 5.41) is 3.19. The Morgan fingerprint density at radius 1 is 1.44 bits per heavy atom. The molecular formula is C12H16N2O4. The molecule has 18 heavy (non-hydrogen) atoms. The summed E-state index contributed by atoms with van der Waals surface area (Å²) in [4.78, 5) is 10.4. The molecule has 0 saturated carbocycles. The zero-order chi connectivity index (χ0) is 12.8. The molecule has 0 atom stereocenters. The Hall–Kier alpha value is -1.79. The fourth-order valence-electron chi connectivity index (χ4n) is 1.67. The fourth-order valence-corrected chi connectivity index (χ4v) is 1.67. The molecule has 98 valence electrons. The fraction of sp³-hybridized carbons (Fsp3) is 0.417. The van der Waals surface area contributed by atoms with Crippen LogP contribution in [0.3, 0.4) is 0 Å². The van der Waals surface area contributed by atoms with Crippen LogP contribution in [0.1, 0.15) is 5.56 Å². The number of benzene rings is 1. The largest absolute Gasteiger partial charge is 0.454 e. The number of nitrogens with two attached hydrogens (primary N) is 1. The van der Waals surface area contributed by atoms with Crippen LogP contribution in [0.2, 0.25) is 0 Å². The molecule has 0 unspecified atom stereocenters. The van der Waals surface area contributed by atoms with E-state index in [0.29, 0.717) is 19.7 Å². The predicted molar refractivity (Wildman–Crippen MR) is 64.3 cm³/mol. The van der Waals surface area contributed by atoms with Crippen LogP contribution >= 0.6 is 0 Å². The minimum atomic E-state index is -0.457. The molecule has 1 heterocycles. The van der Waals surface area contributed by atoms with Gasteiger partial charge in [-0.25, -0.2) is 0 Å². The molecule has 0 saturated heterocycles. The van der Waals surface area contributed by atoms with E-state index in [4.69, 9.17) is 19.9 Å². The third kappa shape index (κ3) is 3.35. The van der Waals surface area contributed by atoms with Gasteiger partial charge in [0, 0.05) is 18.7 Å². The Kier molecular flexibility index (Phi) is 4.38. The smallest absolute Gasteiger partial charge is 0.243 e. The first-order valence-corrected chi connectivity index (χ1v) is 5.71. The lowest BCUT2D eigenvalue weighted by Gasteiger charge is -2.07. The molecule has 6 nitrogen and oxygen atoms in total. The van der Waals surface area contributed by atoms with Crippen molar-refractivity contribution in [3.8, 4) is 11.5 Å². The van der Waals surface area contributed by atoms with E-state index in [2.05, 4.69) is 5.32 Å². The van der Waals surface area contributed by atoms with E-state index in [1.165, 1.54) is 0 Å². The second-order valence-corrected chi connectivity index (χ2v) is 3.85.